The van der Waals surface area contributed by atoms with E-state index in [2.05, 4.69) is 23.1 Å². The highest BCUT2D eigenvalue weighted by atomic mass is 32.1. The molecular formula is C14H20FN3S. The lowest BCUT2D eigenvalue weighted by molar-refractivity contribution is 0.308. The Balaban J connectivity index is 1.76. The predicted octanol–water partition coefficient (Wildman–Crippen LogP) is 3.20. The highest BCUT2D eigenvalue weighted by Gasteiger charge is 2.21. The molecule has 0 amide bonds. The molecule has 0 radical (unpaired) electrons. The highest BCUT2D eigenvalue weighted by Crippen LogP contribution is 2.23. The van der Waals surface area contributed by atoms with E-state index in [1.807, 2.05) is 0 Å². The molecule has 0 unspecified atom stereocenters. The molecule has 0 saturated heterocycles. The van der Waals surface area contributed by atoms with Crippen LogP contribution < -0.4 is 16.2 Å². The molecule has 1 fully saturated rings. The summed E-state index contributed by atoms with van der Waals surface area (Å²) in [4.78, 5) is 0. The molecule has 5 heteroatoms. The first-order chi connectivity index (χ1) is 9.15. The van der Waals surface area contributed by atoms with Gasteiger partial charge < -0.3 is 5.32 Å². The number of rotatable bonds is 3. The number of hydrogen-bond acceptors (Lipinski definition) is 2. The average molecular weight is 281 g/mol. The van der Waals surface area contributed by atoms with Gasteiger partial charge in [-0.1, -0.05) is 19.8 Å². The second-order valence-electron chi connectivity index (χ2n) is 5.10. The third-order valence-electron chi connectivity index (χ3n) is 3.59. The second-order valence-corrected chi connectivity index (χ2v) is 5.51. The van der Waals surface area contributed by atoms with Crippen molar-refractivity contribution in [1.82, 2.24) is 10.7 Å². The van der Waals surface area contributed by atoms with Gasteiger partial charge in [0.15, 0.2) is 5.11 Å². The second kappa shape index (κ2) is 6.70. The summed E-state index contributed by atoms with van der Waals surface area (Å²) in [6.45, 7) is 2.26. The number of nitrogens with one attached hydrogen (secondary N) is 3. The van der Waals surface area contributed by atoms with E-state index in [-0.39, 0.29) is 5.82 Å². The van der Waals surface area contributed by atoms with E-state index in [1.165, 1.54) is 37.8 Å². The van der Waals surface area contributed by atoms with Crippen LogP contribution in [0.4, 0.5) is 10.1 Å². The standard InChI is InChI=1S/C14H20FN3S/c1-10-4-2-3-5-13(10)16-14(19)18-17-12-8-6-11(15)7-9-12/h6-10,13,17H,2-5H2,1H3,(H2,16,18,19)/t10-,13+/m0/s1. The van der Waals surface area contributed by atoms with Crippen LogP contribution in [0.5, 0.6) is 0 Å². The smallest absolute Gasteiger partial charge is 0.185 e. The van der Waals surface area contributed by atoms with E-state index >= 15 is 0 Å². The normalized spacial score (nSPS) is 22.6. The van der Waals surface area contributed by atoms with E-state index < -0.39 is 0 Å². The summed E-state index contributed by atoms with van der Waals surface area (Å²) in [5, 5.41) is 3.92. The number of anilines is 1. The predicted molar refractivity (Wildman–Crippen MR) is 80.3 cm³/mol. The minimum Gasteiger partial charge on any atom is -0.358 e. The molecule has 3 nitrogen and oxygen atoms in total. The van der Waals surface area contributed by atoms with Crippen LogP contribution in [-0.2, 0) is 0 Å². The average Bonchev–Trinajstić information content (AvgIpc) is 2.41. The van der Waals surface area contributed by atoms with Crippen LogP contribution in [0.25, 0.3) is 0 Å². The minimum atomic E-state index is -0.248. The summed E-state index contributed by atoms with van der Waals surface area (Å²) in [7, 11) is 0. The fourth-order valence-electron chi connectivity index (χ4n) is 2.40. The number of halogens is 1. The van der Waals surface area contributed by atoms with Gasteiger partial charge in [-0.05, 0) is 55.2 Å². The Morgan fingerprint density at radius 1 is 1.21 bits per heavy atom. The van der Waals surface area contributed by atoms with Crippen LogP contribution in [0.15, 0.2) is 24.3 Å². The lowest BCUT2D eigenvalue weighted by Crippen LogP contribution is -2.47. The first-order valence-corrected chi connectivity index (χ1v) is 7.14. The van der Waals surface area contributed by atoms with Crippen molar-refractivity contribution >= 4 is 23.0 Å². The Morgan fingerprint density at radius 3 is 2.58 bits per heavy atom. The van der Waals surface area contributed by atoms with Crippen molar-refractivity contribution in [2.75, 3.05) is 5.43 Å². The number of hydrogen-bond donors (Lipinski definition) is 3. The quantitative estimate of drug-likeness (QED) is 0.587. The van der Waals surface area contributed by atoms with Crippen LogP contribution in [0, 0.1) is 11.7 Å². The van der Waals surface area contributed by atoms with Gasteiger partial charge in [-0.15, -0.1) is 0 Å². The Kier molecular flexibility index (Phi) is 4.96. The zero-order chi connectivity index (χ0) is 13.7. The van der Waals surface area contributed by atoms with Crippen molar-refractivity contribution in [1.29, 1.82) is 0 Å². The van der Waals surface area contributed by atoms with Crippen molar-refractivity contribution < 1.29 is 4.39 Å². The van der Waals surface area contributed by atoms with Crippen molar-refractivity contribution in [2.24, 2.45) is 5.92 Å². The summed E-state index contributed by atoms with van der Waals surface area (Å²) in [5.41, 5.74) is 6.67. The largest absolute Gasteiger partial charge is 0.358 e. The van der Waals surface area contributed by atoms with Gasteiger partial charge >= 0.3 is 0 Å². The van der Waals surface area contributed by atoms with Crippen LogP contribution in [0.1, 0.15) is 32.6 Å². The first kappa shape index (κ1) is 14.1. The zero-order valence-electron chi connectivity index (χ0n) is 11.1. The molecular weight excluding hydrogens is 261 g/mol. The molecule has 1 saturated carbocycles. The van der Waals surface area contributed by atoms with E-state index in [1.54, 1.807) is 12.1 Å². The molecule has 0 heterocycles. The summed E-state index contributed by atoms with van der Waals surface area (Å²) in [6, 6.07) is 6.58. The maximum Gasteiger partial charge on any atom is 0.185 e. The van der Waals surface area contributed by atoms with Gasteiger partial charge in [-0.2, -0.15) is 0 Å². The molecule has 0 aromatic heterocycles. The van der Waals surface area contributed by atoms with Crippen molar-refractivity contribution in [3.05, 3.63) is 30.1 Å². The number of hydrazine groups is 1. The topological polar surface area (TPSA) is 36.1 Å². The van der Waals surface area contributed by atoms with Gasteiger partial charge in [-0.3, -0.25) is 10.9 Å². The fourth-order valence-corrected chi connectivity index (χ4v) is 2.60. The molecule has 19 heavy (non-hydrogen) atoms. The van der Waals surface area contributed by atoms with Crippen LogP contribution >= 0.6 is 12.2 Å². The van der Waals surface area contributed by atoms with Gasteiger partial charge in [0.25, 0.3) is 0 Å². The van der Waals surface area contributed by atoms with E-state index in [9.17, 15) is 4.39 Å². The van der Waals surface area contributed by atoms with Crippen molar-refractivity contribution in [3.8, 4) is 0 Å². The Morgan fingerprint density at radius 2 is 1.89 bits per heavy atom. The van der Waals surface area contributed by atoms with E-state index in [4.69, 9.17) is 12.2 Å². The SMILES string of the molecule is C[C@H]1CCCC[C@H]1NC(=S)NNc1ccc(F)cc1. The van der Waals surface area contributed by atoms with Crippen molar-refractivity contribution in [2.45, 2.75) is 38.6 Å². The van der Waals surface area contributed by atoms with Gasteiger partial charge in [0.05, 0.1) is 5.69 Å². The monoisotopic (exact) mass is 281 g/mol. The molecule has 2 rings (SSSR count). The lowest BCUT2D eigenvalue weighted by atomic mass is 9.86. The summed E-state index contributed by atoms with van der Waals surface area (Å²) in [5.74, 6) is 0.404. The summed E-state index contributed by atoms with van der Waals surface area (Å²) >= 11 is 5.25. The van der Waals surface area contributed by atoms with Gasteiger partial charge in [-0.25, -0.2) is 4.39 Å². The van der Waals surface area contributed by atoms with Crippen LogP contribution in [-0.4, -0.2) is 11.2 Å². The van der Waals surface area contributed by atoms with E-state index in [0.717, 1.165) is 5.69 Å². The fraction of sp³-hybridized carbons (Fsp3) is 0.500. The Hall–Kier alpha value is -1.36. The first-order valence-electron chi connectivity index (χ1n) is 6.73. The van der Waals surface area contributed by atoms with Crippen molar-refractivity contribution in [3.63, 3.8) is 0 Å². The molecule has 1 aliphatic rings. The molecule has 3 N–H and O–H groups in total. The molecule has 1 aromatic rings. The maximum atomic E-state index is 12.8. The molecule has 2 atom stereocenters. The van der Waals surface area contributed by atoms with Gasteiger partial charge in [0.2, 0.25) is 0 Å². The van der Waals surface area contributed by atoms with Crippen LogP contribution in [0.2, 0.25) is 0 Å². The molecule has 104 valence electrons. The third-order valence-corrected chi connectivity index (χ3v) is 3.81. The van der Waals surface area contributed by atoms with Gasteiger partial charge in [0, 0.05) is 6.04 Å². The molecule has 0 spiro atoms. The van der Waals surface area contributed by atoms with E-state index in [0.29, 0.717) is 17.1 Å². The van der Waals surface area contributed by atoms with Gasteiger partial charge in [0.1, 0.15) is 5.82 Å². The Labute approximate surface area is 118 Å². The summed E-state index contributed by atoms with van der Waals surface area (Å²) < 4.78 is 12.8. The number of thiocarbonyl (C=S) groups is 1. The minimum absolute atomic E-state index is 0.248. The third kappa shape index (κ3) is 4.35. The molecule has 1 aromatic carbocycles. The highest BCUT2D eigenvalue weighted by molar-refractivity contribution is 7.80. The molecule has 0 bridgehead atoms. The summed E-state index contributed by atoms with van der Waals surface area (Å²) in [6.07, 6.45) is 4.99. The molecule has 0 aliphatic heterocycles. The lowest BCUT2D eigenvalue weighted by Gasteiger charge is -2.30. The zero-order valence-corrected chi connectivity index (χ0v) is 11.9. The Bertz CT molecular complexity index is 421. The maximum absolute atomic E-state index is 12.8. The molecule has 1 aliphatic carbocycles. The van der Waals surface area contributed by atoms with Crippen LogP contribution in [0.3, 0.4) is 0 Å². The number of benzene rings is 1.